The zero-order chi connectivity index (χ0) is 30.1. The number of methoxy groups -OCH3 is 1. The van der Waals surface area contributed by atoms with E-state index in [-0.39, 0.29) is 12.2 Å². The molecule has 5 rings (SSSR count). The van der Waals surface area contributed by atoms with Gasteiger partial charge in [-0.1, -0.05) is 29.5 Å². The number of esters is 2. The number of benzene rings is 2. The first-order valence-corrected chi connectivity index (χ1v) is 14.2. The summed E-state index contributed by atoms with van der Waals surface area (Å²) in [6, 6.07) is 15.9. The zero-order valence-electron chi connectivity index (χ0n) is 24.3. The lowest BCUT2D eigenvalue weighted by Crippen LogP contribution is -2.39. The van der Waals surface area contributed by atoms with Crippen molar-refractivity contribution >= 4 is 35.0 Å². The van der Waals surface area contributed by atoms with Crippen LogP contribution in [0, 0.1) is 6.92 Å². The number of anilines is 1. The minimum atomic E-state index is -0.693. The van der Waals surface area contributed by atoms with E-state index < -0.39 is 18.0 Å². The molecule has 0 unspecified atom stereocenters. The Balaban J connectivity index is 1.58. The number of ether oxygens (including phenoxy) is 2. The van der Waals surface area contributed by atoms with Gasteiger partial charge in [-0.05, 0) is 68.3 Å². The molecule has 0 spiro atoms. The third-order valence-electron chi connectivity index (χ3n) is 7.06. The van der Waals surface area contributed by atoms with Crippen LogP contribution in [0.2, 0.25) is 0 Å². The molecule has 2 aromatic carbocycles. The summed E-state index contributed by atoms with van der Waals surface area (Å²) in [6.45, 7) is 5.60. The highest BCUT2D eigenvalue weighted by Gasteiger charge is 2.33. The Morgan fingerprint density at radius 1 is 1.07 bits per heavy atom. The fraction of sp³-hybridized carbons (Fsp3) is 0.250. The van der Waals surface area contributed by atoms with E-state index in [0.717, 1.165) is 22.4 Å². The van der Waals surface area contributed by atoms with Gasteiger partial charge in [0, 0.05) is 31.4 Å². The highest BCUT2D eigenvalue weighted by atomic mass is 32.1. The molecule has 1 aliphatic rings. The topological polar surface area (TPSA) is 103 Å². The van der Waals surface area contributed by atoms with Crippen molar-refractivity contribution in [3.05, 3.63) is 108 Å². The molecule has 3 heterocycles. The summed E-state index contributed by atoms with van der Waals surface area (Å²) in [5.74, 6) is 0.176. The minimum absolute atomic E-state index is 0.206. The molecule has 0 saturated heterocycles. The minimum Gasteiger partial charge on any atom is -0.465 e. The highest BCUT2D eigenvalue weighted by molar-refractivity contribution is 7.07. The van der Waals surface area contributed by atoms with Gasteiger partial charge in [-0.25, -0.2) is 14.6 Å². The first-order valence-electron chi connectivity index (χ1n) is 13.4. The Morgan fingerprint density at radius 3 is 2.45 bits per heavy atom. The number of aryl methyl sites for hydroxylation is 1. The van der Waals surface area contributed by atoms with Crippen molar-refractivity contribution in [2.75, 3.05) is 32.7 Å². The van der Waals surface area contributed by atoms with E-state index in [0.29, 0.717) is 37.7 Å². The number of rotatable bonds is 7. The van der Waals surface area contributed by atoms with Crippen LogP contribution in [-0.4, -0.2) is 44.3 Å². The van der Waals surface area contributed by atoms with Crippen molar-refractivity contribution in [2.24, 2.45) is 4.99 Å². The van der Waals surface area contributed by atoms with E-state index in [9.17, 15) is 14.4 Å². The second kappa shape index (κ2) is 11.7. The molecule has 1 atom stereocenters. The van der Waals surface area contributed by atoms with Gasteiger partial charge >= 0.3 is 11.9 Å². The first kappa shape index (κ1) is 28.8. The third-order valence-corrected chi connectivity index (χ3v) is 8.04. The summed E-state index contributed by atoms with van der Waals surface area (Å²) >= 11 is 1.23. The summed E-state index contributed by atoms with van der Waals surface area (Å²) < 4.78 is 18.3. The monoisotopic (exact) mass is 585 g/mol. The number of aromatic nitrogens is 1. The molecule has 0 fully saturated rings. The average molecular weight is 586 g/mol. The van der Waals surface area contributed by atoms with Crippen LogP contribution >= 0.6 is 11.3 Å². The molecule has 9 nitrogen and oxygen atoms in total. The van der Waals surface area contributed by atoms with Crippen molar-refractivity contribution < 1.29 is 23.5 Å². The van der Waals surface area contributed by atoms with Crippen LogP contribution in [0.15, 0.2) is 80.1 Å². The highest BCUT2D eigenvalue weighted by Crippen LogP contribution is 2.32. The molecule has 0 bridgehead atoms. The number of furan rings is 1. The molecule has 0 amide bonds. The maximum absolute atomic E-state index is 13.9. The van der Waals surface area contributed by atoms with Crippen LogP contribution in [-0.2, 0) is 14.3 Å². The van der Waals surface area contributed by atoms with Crippen LogP contribution in [0.25, 0.3) is 17.4 Å². The molecule has 4 aromatic rings. The van der Waals surface area contributed by atoms with Gasteiger partial charge in [0.05, 0.1) is 41.1 Å². The lowest BCUT2D eigenvalue weighted by Gasteiger charge is -2.25. The van der Waals surface area contributed by atoms with E-state index in [1.54, 1.807) is 48.8 Å². The number of nitrogens with zero attached hydrogens (tertiary/aromatic N) is 3. The zero-order valence-corrected chi connectivity index (χ0v) is 25.1. The Bertz CT molecular complexity index is 1890. The van der Waals surface area contributed by atoms with Gasteiger partial charge in [-0.3, -0.25) is 9.36 Å². The lowest BCUT2D eigenvalue weighted by atomic mass is 9.95. The van der Waals surface area contributed by atoms with Gasteiger partial charge in [-0.2, -0.15) is 0 Å². The number of hydrogen-bond donors (Lipinski definition) is 0. The first-order chi connectivity index (χ1) is 20.1. The van der Waals surface area contributed by atoms with Gasteiger partial charge in [0.15, 0.2) is 4.80 Å². The summed E-state index contributed by atoms with van der Waals surface area (Å²) in [4.78, 5) is 46.0. The Hall–Kier alpha value is -4.70. The standard InChI is InChI=1S/C32H31N3O6S/c1-7-40-31(38)27-19(3)33-32-35(28(27)20-8-11-22(12-9-20)34(4)5)29(36)26(42-32)17-23-13-15-25(41-23)24-14-10-21(16-18(24)2)30(37)39-6/h8-17,28H,7H2,1-6H3/b26-17+/t28-/m1/s1. The van der Waals surface area contributed by atoms with Crippen molar-refractivity contribution in [2.45, 2.75) is 26.8 Å². The quantitative estimate of drug-likeness (QED) is 0.299. The SMILES string of the molecule is CCOC(=O)C1=C(C)N=c2s/c(=C/c3ccc(-c4ccc(C(=O)OC)cc4C)o3)c(=O)n2[C@@H]1c1ccc(N(C)C)cc1. The van der Waals surface area contributed by atoms with Crippen LogP contribution in [0.3, 0.4) is 0 Å². The molecule has 1 aliphatic heterocycles. The largest absolute Gasteiger partial charge is 0.465 e. The van der Waals surface area contributed by atoms with E-state index in [1.165, 1.54) is 18.4 Å². The van der Waals surface area contributed by atoms with Crippen LogP contribution in [0.4, 0.5) is 5.69 Å². The lowest BCUT2D eigenvalue weighted by molar-refractivity contribution is -0.139. The Morgan fingerprint density at radius 2 is 1.81 bits per heavy atom. The predicted octanol–water partition coefficient (Wildman–Crippen LogP) is 4.22. The number of hydrogen-bond acceptors (Lipinski definition) is 9. The van der Waals surface area contributed by atoms with E-state index in [2.05, 4.69) is 4.99 Å². The van der Waals surface area contributed by atoms with Crippen molar-refractivity contribution in [3.63, 3.8) is 0 Å². The van der Waals surface area contributed by atoms with Crippen molar-refractivity contribution in [3.8, 4) is 11.3 Å². The van der Waals surface area contributed by atoms with Gasteiger partial charge in [0.2, 0.25) is 0 Å². The number of carbonyl (C=O) groups excluding carboxylic acids is 2. The molecule has 0 saturated carbocycles. The Kier molecular flexibility index (Phi) is 8.00. The van der Waals surface area contributed by atoms with Crippen LogP contribution in [0.1, 0.15) is 47.1 Å². The maximum Gasteiger partial charge on any atom is 0.338 e. The fourth-order valence-electron chi connectivity index (χ4n) is 4.95. The summed E-state index contributed by atoms with van der Waals surface area (Å²) in [6.07, 6.45) is 1.68. The van der Waals surface area contributed by atoms with Gasteiger partial charge in [-0.15, -0.1) is 0 Å². The number of allylic oxidation sites excluding steroid dienone is 1. The Labute approximate surface area is 246 Å². The normalized spacial score (nSPS) is 14.8. The molecule has 0 aliphatic carbocycles. The molecule has 2 aromatic heterocycles. The summed E-state index contributed by atoms with van der Waals surface area (Å²) in [7, 11) is 5.24. The van der Waals surface area contributed by atoms with E-state index in [4.69, 9.17) is 13.9 Å². The molecule has 216 valence electrons. The van der Waals surface area contributed by atoms with E-state index in [1.807, 2.05) is 56.3 Å². The van der Waals surface area contributed by atoms with Crippen LogP contribution < -0.4 is 19.8 Å². The van der Waals surface area contributed by atoms with Gasteiger partial charge in [0.25, 0.3) is 5.56 Å². The second-order valence-electron chi connectivity index (χ2n) is 10.0. The third kappa shape index (κ3) is 5.33. The number of thiazole rings is 1. The smallest absolute Gasteiger partial charge is 0.338 e. The summed E-state index contributed by atoms with van der Waals surface area (Å²) in [5.41, 5.74) is 4.44. The molecular weight excluding hydrogens is 554 g/mol. The predicted molar refractivity (Wildman–Crippen MR) is 161 cm³/mol. The molecule has 0 radical (unpaired) electrons. The van der Waals surface area contributed by atoms with Gasteiger partial charge < -0.3 is 18.8 Å². The molecule has 10 heteroatoms. The second-order valence-corrected chi connectivity index (χ2v) is 11.0. The van der Waals surface area contributed by atoms with E-state index >= 15 is 0 Å². The van der Waals surface area contributed by atoms with Crippen LogP contribution in [0.5, 0.6) is 0 Å². The maximum atomic E-state index is 13.9. The molecule has 42 heavy (non-hydrogen) atoms. The van der Waals surface area contributed by atoms with Gasteiger partial charge in [0.1, 0.15) is 11.5 Å². The molecular formula is C32H31N3O6S. The molecule has 0 N–H and O–H groups in total. The summed E-state index contributed by atoms with van der Waals surface area (Å²) in [5, 5.41) is 0. The van der Waals surface area contributed by atoms with Crippen molar-refractivity contribution in [1.82, 2.24) is 4.57 Å². The number of carbonyl (C=O) groups is 2. The average Bonchev–Trinajstić information content (AvgIpc) is 3.55. The number of fused-ring (bicyclic) bond motifs is 1. The van der Waals surface area contributed by atoms with Crippen molar-refractivity contribution in [1.29, 1.82) is 0 Å². The fourth-order valence-corrected chi connectivity index (χ4v) is 5.98.